The number of hydrogen-bond donors (Lipinski definition) is 0. The molecule has 3 rings (SSSR count). The monoisotopic (exact) mass is 505 g/mol. The number of nitrogens with zero attached hydrogens (tertiary/aromatic N) is 1. The number of thiocarbonyl (C=S) groups is 1. The lowest BCUT2D eigenvalue weighted by Crippen LogP contribution is -2.27. The number of esters is 1. The van der Waals surface area contributed by atoms with Crippen LogP contribution in [0.25, 0.3) is 6.08 Å². The maximum absolute atomic E-state index is 13.1. The standard InChI is InChI=1S/C22H20BrNO4S2/c1-4-27-20(25)12-28-18-8-6-16(23)10-15(18)11-19-21(26)24(22(29)30-19)17-7-5-13(2)14(3)9-17/h5-11H,4,12H2,1-3H3/b19-11+. The number of aryl methyl sites for hydroxylation is 2. The molecule has 156 valence electrons. The van der Waals surface area contributed by atoms with Crippen LogP contribution < -0.4 is 9.64 Å². The number of hydrogen-bond acceptors (Lipinski definition) is 6. The van der Waals surface area contributed by atoms with Gasteiger partial charge >= 0.3 is 5.97 Å². The van der Waals surface area contributed by atoms with Gasteiger partial charge in [-0.3, -0.25) is 9.69 Å². The van der Waals surface area contributed by atoms with Crippen molar-refractivity contribution in [2.24, 2.45) is 0 Å². The molecule has 0 N–H and O–H groups in total. The first-order chi connectivity index (χ1) is 14.3. The van der Waals surface area contributed by atoms with E-state index < -0.39 is 5.97 Å². The minimum absolute atomic E-state index is 0.190. The molecule has 1 saturated heterocycles. The van der Waals surface area contributed by atoms with Crippen LogP contribution in [0.5, 0.6) is 5.75 Å². The van der Waals surface area contributed by atoms with E-state index in [1.54, 1.807) is 25.1 Å². The van der Waals surface area contributed by atoms with Crippen LogP contribution in [0.2, 0.25) is 0 Å². The van der Waals surface area contributed by atoms with Crippen molar-refractivity contribution in [2.45, 2.75) is 20.8 Å². The predicted octanol–water partition coefficient (Wildman–Crippen LogP) is 5.41. The molecule has 1 amide bonds. The molecule has 2 aromatic rings. The molecule has 1 heterocycles. The van der Waals surface area contributed by atoms with Crippen LogP contribution in [0.4, 0.5) is 5.69 Å². The third-order valence-corrected chi connectivity index (χ3v) is 6.25. The number of rotatable bonds is 6. The summed E-state index contributed by atoms with van der Waals surface area (Å²) in [6.45, 7) is 5.84. The summed E-state index contributed by atoms with van der Waals surface area (Å²) >= 11 is 10.1. The van der Waals surface area contributed by atoms with Crippen molar-refractivity contribution in [2.75, 3.05) is 18.1 Å². The van der Waals surface area contributed by atoms with Crippen LogP contribution >= 0.6 is 39.9 Å². The molecular weight excluding hydrogens is 486 g/mol. The molecule has 1 aliphatic rings. The Morgan fingerprint density at radius 2 is 1.97 bits per heavy atom. The van der Waals surface area contributed by atoms with E-state index in [4.69, 9.17) is 21.7 Å². The number of carbonyl (C=O) groups is 2. The van der Waals surface area contributed by atoms with E-state index in [-0.39, 0.29) is 19.1 Å². The molecule has 0 radical (unpaired) electrons. The summed E-state index contributed by atoms with van der Waals surface area (Å²) in [5, 5.41) is 0. The first-order valence-electron chi connectivity index (χ1n) is 9.23. The fourth-order valence-corrected chi connectivity index (χ4v) is 4.47. The van der Waals surface area contributed by atoms with Gasteiger partial charge in [-0.25, -0.2) is 4.79 Å². The van der Waals surface area contributed by atoms with E-state index in [1.807, 2.05) is 38.1 Å². The fraction of sp³-hybridized carbons (Fsp3) is 0.227. The highest BCUT2D eigenvalue weighted by molar-refractivity contribution is 9.10. The second kappa shape index (κ2) is 9.76. The first-order valence-corrected chi connectivity index (χ1v) is 11.2. The van der Waals surface area contributed by atoms with Gasteiger partial charge in [0.2, 0.25) is 0 Å². The lowest BCUT2D eigenvalue weighted by Gasteiger charge is -2.16. The summed E-state index contributed by atoms with van der Waals surface area (Å²) in [6, 6.07) is 11.2. The Labute approximate surface area is 193 Å². The smallest absolute Gasteiger partial charge is 0.344 e. The molecule has 0 spiro atoms. The molecule has 30 heavy (non-hydrogen) atoms. The number of benzene rings is 2. The van der Waals surface area contributed by atoms with Crippen molar-refractivity contribution in [3.63, 3.8) is 0 Å². The van der Waals surface area contributed by atoms with Crippen molar-refractivity contribution < 1.29 is 19.1 Å². The zero-order valence-electron chi connectivity index (χ0n) is 16.7. The summed E-state index contributed by atoms with van der Waals surface area (Å²) in [4.78, 5) is 26.7. The average Bonchev–Trinajstić information content (AvgIpc) is 2.97. The normalized spacial score (nSPS) is 15.1. The number of thioether (sulfide) groups is 1. The fourth-order valence-electron chi connectivity index (χ4n) is 2.80. The number of ether oxygens (including phenoxy) is 2. The SMILES string of the molecule is CCOC(=O)COc1ccc(Br)cc1/C=C1/SC(=S)N(c2ccc(C)c(C)c2)C1=O. The van der Waals surface area contributed by atoms with Crippen molar-refractivity contribution >= 4 is 67.9 Å². The van der Waals surface area contributed by atoms with Crippen molar-refractivity contribution in [3.05, 3.63) is 62.5 Å². The molecule has 8 heteroatoms. The van der Waals surface area contributed by atoms with Crippen molar-refractivity contribution in [1.82, 2.24) is 0 Å². The third-order valence-electron chi connectivity index (χ3n) is 4.45. The second-order valence-corrected chi connectivity index (χ2v) is 9.15. The predicted molar refractivity (Wildman–Crippen MR) is 128 cm³/mol. The summed E-state index contributed by atoms with van der Waals surface area (Å²) in [6.07, 6.45) is 1.73. The summed E-state index contributed by atoms with van der Waals surface area (Å²) in [5.74, 6) is -0.167. The van der Waals surface area contributed by atoms with E-state index in [2.05, 4.69) is 15.9 Å². The summed E-state index contributed by atoms with van der Waals surface area (Å²) in [7, 11) is 0. The van der Waals surface area contributed by atoms with E-state index in [9.17, 15) is 9.59 Å². The topological polar surface area (TPSA) is 55.8 Å². The van der Waals surface area contributed by atoms with E-state index >= 15 is 0 Å². The molecule has 1 fully saturated rings. The lowest BCUT2D eigenvalue weighted by molar-refractivity contribution is -0.145. The maximum atomic E-state index is 13.1. The second-order valence-electron chi connectivity index (χ2n) is 6.56. The minimum Gasteiger partial charge on any atom is -0.481 e. The Morgan fingerprint density at radius 3 is 2.67 bits per heavy atom. The van der Waals surface area contributed by atoms with Crippen molar-refractivity contribution in [1.29, 1.82) is 0 Å². The quantitative estimate of drug-likeness (QED) is 0.297. The molecule has 5 nitrogen and oxygen atoms in total. The van der Waals surface area contributed by atoms with Crippen LogP contribution in [0.3, 0.4) is 0 Å². The van der Waals surface area contributed by atoms with E-state index in [0.717, 1.165) is 21.3 Å². The number of anilines is 1. The zero-order chi connectivity index (χ0) is 21.8. The molecule has 0 bridgehead atoms. The van der Waals surface area contributed by atoms with Crippen LogP contribution in [-0.2, 0) is 14.3 Å². The Bertz CT molecular complexity index is 1050. The van der Waals surface area contributed by atoms with Gasteiger partial charge in [-0.05, 0) is 68.3 Å². The van der Waals surface area contributed by atoms with Gasteiger partial charge in [0.05, 0.1) is 17.2 Å². The van der Waals surface area contributed by atoms with E-state index in [0.29, 0.717) is 20.5 Å². The van der Waals surface area contributed by atoms with Gasteiger partial charge in [0.15, 0.2) is 10.9 Å². The average molecular weight is 506 g/mol. The molecule has 0 saturated carbocycles. The largest absolute Gasteiger partial charge is 0.481 e. The molecular formula is C22H20BrNO4S2. The van der Waals surface area contributed by atoms with Crippen LogP contribution in [0.15, 0.2) is 45.8 Å². The van der Waals surface area contributed by atoms with E-state index in [1.165, 1.54) is 16.7 Å². The first kappa shape index (κ1) is 22.5. The maximum Gasteiger partial charge on any atom is 0.344 e. The zero-order valence-corrected chi connectivity index (χ0v) is 19.9. The third kappa shape index (κ3) is 5.11. The molecule has 0 aliphatic carbocycles. The highest BCUT2D eigenvalue weighted by atomic mass is 79.9. The highest BCUT2D eigenvalue weighted by Crippen LogP contribution is 2.38. The Kier molecular flexibility index (Phi) is 7.33. The van der Waals surface area contributed by atoms with Gasteiger partial charge in [0.25, 0.3) is 5.91 Å². The van der Waals surface area contributed by atoms with Crippen molar-refractivity contribution in [3.8, 4) is 5.75 Å². The van der Waals surface area contributed by atoms with Gasteiger partial charge < -0.3 is 9.47 Å². The molecule has 1 aliphatic heterocycles. The minimum atomic E-state index is -0.451. The van der Waals surface area contributed by atoms with Gasteiger partial charge in [-0.1, -0.05) is 46.0 Å². The van der Waals surface area contributed by atoms with Crippen LogP contribution in [0.1, 0.15) is 23.6 Å². The molecule has 2 aromatic carbocycles. The Morgan fingerprint density at radius 1 is 1.20 bits per heavy atom. The number of amides is 1. The summed E-state index contributed by atoms with van der Waals surface area (Å²) in [5.41, 5.74) is 3.65. The van der Waals surface area contributed by atoms with Crippen LogP contribution in [-0.4, -0.2) is 29.4 Å². The van der Waals surface area contributed by atoms with Gasteiger partial charge in [0.1, 0.15) is 5.75 Å². The highest BCUT2D eigenvalue weighted by Gasteiger charge is 2.33. The van der Waals surface area contributed by atoms with Gasteiger partial charge in [-0.15, -0.1) is 0 Å². The number of carbonyl (C=O) groups excluding carboxylic acids is 2. The Hall–Kier alpha value is -2.16. The molecule has 0 atom stereocenters. The molecule has 0 unspecified atom stereocenters. The summed E-state index contributed by atoms with van der Waals surface area (Å²) < 4.78 is 11.8. The number of halogens is 1. The Balaban J connectivity index is 1.88. The van der Waals surface area contributed by atoms with Gasteiger partial charge in [0, 0.05) is 10.0 Å². The van der Waals surface area contributed by atoms with Gasteiger partial charge in [-0.2, -0.15) is 0 Å². The lowest BCUT2D eigenvalue weighted by atomic mass is 10.1. The van der Waals surface area contributed by atoms with Crippen LogP contribution in [0, 0.1) is 13.8 Å². The molecule has 0 aromatic heterocycles.